The molecule has 0 unspecified atom stereocenters. The summed E-state index contributed by atoms with van der Waals surface area (Å²) in [5.41, 5.74) is 0.959. The molecule has 4 amide bonds. The van der Waals surface area contributed by atoms with E-state index in [-0.39, 0.29) is 95.9 Å². The molecule has 16 nitrogen and oxygen atoms in total. The summed E-state index contributed by atoms with van der Waals surface area (Å²) in [7, 11) is 5.37. The third-order valence-electron chi connectivity index (χ3n) is 9.30. The van der Waals surface area contributed by atoms with E-state index in [4.69, 9.17) is 0 Å². The van der Waals surface area contributed by atoms with Gasteiger partial charge in [0.2, 0.25) is 23.6 Å². The number of hydrogen-bond acceptors (Lipinski definition) is 12. The zero-order valence-corrected chi connectivity index (χ0v) is 35.0. The quantitative estimate of drug-likeness (QED) is 0.0315. The molecular weight excluding hydrogens is 752 g/mol. The Morgan fingerprint density at radius 1 is 0.310 bits per heavy atom. The first-order chi connectivity index (χ1) is 27.9. The third kappa shape index (κ3) is 25.3. The summed E-state index contributed by atoms with van der Waals surface area (Å²) in [5.74, 6) is -2.39. The van der Waals surface area contributed by atoms with E-state index in [2.05, 4.69) is 40.2 Å². The van der Waals surface area contributed by atoms with Gasteiger partial charge in [0.05, 0.1) is 51.2 Å². The maximum absolute atomic E-state index is 13.2. The molecule has 1 rings (SSSR count). The van der Waals surface area contributed by atoms with E-state index in [0.717, 1.165) is 25.7 Å². The average molecular weight is 819 g/mol. The van der Waals surface area contributed by atoms with Gasteiger partial charge in [-0.2, -0.15) is 0 Å². The second kappa shape index (κ2) is 32.0. The number of unbranched alkanes of at least 4 members (excludes halogenated alkanes) is 12. The Hall–Kier alpha value is -5.02. The van der Waals surface area contributed by atoms with Crippen molar-refractivity contribution in [2.45, 2.75) is 154 Å². The second-order valence-corrected chi connectivity index (χ2v) is 14.1. The number of ether oxygens (including phenoxy) is 4. The predicted octanol–water partition coefficient (Wildman–Crippen LogP) is 7.50. The lowest BCUT2D eigenvalue weighted by Gasteiger charge is -2.19. The van der Waals surface area contributed by atoms with Crippen molar-refractivity contribution in [3.05, 3.63) is 12.1 Å². The van der Waals surface area contributed by atoms with Gasteiger partial charge in [-0.25, -0.2) is 0 Å². The first kappa shape index (κ1) is 51.0. The van der Waals surface area contributed by atoms with Gasteiger partial charge in [-0.15, -0.1) is 0 Å². The number of methoxy groups -OCH3 is 4. The number of benzene rings is 1. The van der Waals surface area contributed by atoms with Crippen LogP contribution in [0.2, 0.25) is 0 Å². The van der Waals surface area contributed by atoms with Crippen LogP contribution in [0, 0.1) is 0 Å². The molecule has 0 fully saturated rings. The zero-order valence-electron chi connectivity index (χ0n) is 35.0. The van der Waals surface area contributed by atoms with Gasteiger partial charge in [-0.3, -0.25) is 38.4 Å². The minimum atomic E-state index is -0.317. The maximum atomic E-state index is 13.2. The summed E-state index contributed by atoms with van der Waals surface area (Å²) in [6, 6.07) is 3.04. The molecule has 16 heteroatoms. The first-order valence-corrected chi connectivity index (χ1v) is 20.6. The van der Waals surface area contributed by atoms with Crippen LogP contribution in [0.4, 0.5) is 22.7 Å². The highest BCUT2D eigenvalue weighted by Crippen LogP contribution is 2.35. The first-order valence-electron chi connectivity index (χ1n) is 20.6. The predicted molar refractivity (Wildman–Crippen MR) is 220 cm³/mol. The number of rotatable bonds is 32. The van der Waals surface area contributed by atoms with Crippen LogP contribution in [0.5, 0.6) is 0 Å². The van der Waals surface area contributed by atoms with Crippen LogP contribution in [0.3, 0.4) is 0 Å². The third-order valence-corrected chi connectivity index (χ3v) is 9.30. The van der Waals surface area contributed by atoms with Crippen molar-refractivity contribution in [3.63, 3.8) is 0 Å². The molecule has 0 bridgehead atoms. The molecule has 0 heterocycles. The molecule has 0 aliphatic carbocycles. The topological polar surface area (TPSA) is 222 Å². The minimum absolute atomic E-state index is 0.174. The van der Waals surface area contributed by atoms with Crippen LogP contribution in [-0.4, -0.2) is 75.9 Å². The zero-order chi connectivity index (χ0) is 43.0. The van der Waals surface area contributed by atoms with Crippen LogP contribution >= 0.6 is 0 Å². The van der Waals surface area contributed by atoms with Gasteiger partial charge >= 0.3 is 23.9 Å². The van der Waals surface area contributed by atoms with Crippen molar-refractivity contribution in [1.82, 2.24) is 0 Å². The molecule has 4 N–H and O–H groups in total. The van der Waals surface area contributed by atoms with Gasteiger partial charge in [0.15, 0.2) is 0 Å². The fourth-order valence-electron chi connectivity index (χ4n) is 5.91. The van der Waals surface area contributed by atoms with Gasteiger partial charge in [-0.05, 0) is 63.5 Å². The van der Waals surface area contributed by atoms with E-state index in [9.17, 15) is 38.4 Å². The molecule has 1 aromatic carbocycles. The van der Waals surface area contributed by atoms with Crippen LogP contribution in [0.1, 0.15) is 154 Å². The SMILES string of the molecule is COC(=O)CCCCCCC(=O)Nc1cc(NC(=O)CCCCCCC(=O)OC)c(NC(=O)CCCCCCC(=O)OC)cc1NC(=O)CCCCCCC(=O)OC. The molecule has 0 saturated heterocycles. The molecular formula is C42H66N4O12. The number of anilines is 4. The van der Waals surface area contributed by atoms with Gasteiger partial charge in [0, 0.05) is 51.4 Å². The van der Waals surface area contributed by atoms with Crippen molar-refractivity contribution in [2.24, 2.45) is 0 Å². The Kier molecular flexibility index (Phi) is 28.1. The molecule has 58 heavy (non-hydrogen) atoms. The van der Waals surface area contributed by atoms with Crippen LogP contribution < -0.4 is 21.3 Å². The molecule has 0 saturated carbocycles. The standard InChI is InChI=1S/C42H66N4O12/c1-55-39(51)25-17-9-5-13-21-35(47)43-31-29-33(45-37(49)23-15-7-11-19-27-41(53)57-3)34(46-38(50)24-16-8-12-20-28-42(54)58-4)30-32(31)44-36(48)22-14-6-10-18-26-40(52)56-2/h29-30H,5-28H2,1-4H3,(H,43,47)(H,44,48)(H,45,49)(H,46,50). The molecule has 0 spiro atoms. The van der Waals surface area contributed by atoms with Crippen molar-refractivity contribution >= 4 is 70.3 Å². The van der Waals surface area contributed by atoms with E-state index in [0.29, 0.717) is 103 Å². The smallest absolute Gasteiger partial charge is 0.305 e. The number of nitrogens with one attached hydrogen (secondary N) is 4. The molecule has 326 valence electrons. The lowest BCUT2D eigenvalue weighted by molar-refractivity contribution is -0.141. The van der Waals surface area contributed by atoms with Crippen molar-refractivity contribution in [3.8, 4) is 0 Å². The lowest BCUT2D eigenvalue weighted by atomic mass is 10.1. The largest absolute Gasteiger partial charge is 0.469 e. The summed E-state index contributed by atoms with van der Waals surface area (Å²) >= 11 is 0. The maximum Gasteiger partial charge on any atom is 0.305 e. The second-order valence-electron chi connectivity index (χ2n) is 14.1. The van der Waals surface area contributed by atoms with E-state index >= 15 is 0 Å². The van der Waals surface area contributed by atoms with Crippen molar-refractivity contribution in [1.29, 1.82) is 0 Å². The molecule has 1 aromatic rings. The number of hydrogen-bond donors (Lipinski definition) is 4. The van der Waals surface area contributed by atoms with Gasteiger partial charge in [-0.1, -0.05) is 51.4 Å². The number of carbonyl (C=O) groups excluding carboxylic acids is 8. The van der Waals surface area contributed by atoms with Gasteiger partial charge < -0.3 is 40.2 Å². The average Bonchev–Trinajstić information content (AvgIpc) is 3.20. The summed E-state index contributed by atoms with van der Waals surface area (Å²) in [4.78, 5) is 98.3. The van der Waals surface area contributed by atoms with E-state index in [1.54, 1.807) is 0 Å². The molecule has 0 aliphatic rings. The Labute approximate surface area is 343 Å². The van der Waals surface area contributed by atoms with Crippen LogP contribution in [0.15, 0.2) is 12.1 Å². The van der Waals surface area contributed by atoms with Crippen molar-refractivity contribution < 1.29 is 57.3 Å². The Morgan fingerprint density at radius 2 is 0.483 bits per heavy atom. The van der Waals surface area contributed by atoms with Crippen LogP contribution in [-0.2, 0) is 57.3 Å². The highest BCUT2D eigenvalue weighted by molar-refractivity contribution is 6.06. The molecule has 0 radical (unpaired) electrons. The van der Waals surface area contributed by atoms with Crippen LogP contribution in [0.25, 0.3) is 0 Å². The summed E-state index contributed by atoms with van der Waals surface area (Å²) < 4.78 is 18.7. The highest BCUT2D eigenvalue weighted by atomic mass is 16.5. The van der Waals surface area contributed by atoms with E-state index in [1.807, 2.05) is 0 Å². The molecule has 0 aromatic heterocycles. The minimum Gasteiger partial charge on any atom is -0.469 e. The highest BCUT2D eigenvalue weighted by Gasteiger charge is 2.18. The Balaban J connectivity index is 3.18. The summed E-state index contributed by atoms with van der Waals surface area (Å²) in [6.45, 7) is 0. The number of carbonyl (C=O) groups is 8. The molecule has 0 atom stereocenters. The number of esters is 4. The van der Waals surface area contributed by atoms with Gasteiger partial charge in [0.25, 0.3) is 0 Å². The Morgan fingerprint density at radius 3 is 0.655 bits per heavy atom. The summed E-state index contributed by atoms with van der Waals surface area (Å²) in [5, 5.41) is 11.5. The monoisotopic (exact) mass is 818 g/mol. The number of amides is 4. The summed E-state index contributed by atoms with van der Waals surface area (Å²) in [6.07, 6.45) is 12.6. The molecule has 0 aliphatic heterocycles. The normalized spacial score (nSPS) is 10.6. The lowest BCUT2D eigenvalue weighted by Crippen LogP contribution is -2.20. The fourth-order valence-corrected chi connectivity index (χ4v) is 5.91. The van der Waals surface area contributed by atoms with E-state index in [1.165, 1.54) is 40.6 Å². The van der Waals surface area contributed by atoms with E-state index < -0.39 is 0 Å². The fraction of sp³-hybridized carbons (Fsp3) is 0.667. The van der Waals surface area contributed by atoms with Crippen molar-refractivity contribution in [2.75, 3.05) is 49.7 Å². The van der Waals surface area contributed by atoms with Gasteiger partial charge in [0.1, 0.15) is 0 Å². The Bertz CT molecular complexity index is 1260.